The molecular weight excluding hydrogens is 191 g/mol. The SMILES string of the molecule is O=C([O-])CSCc1ccc(F)cc1. The lowest BCUT2D eigenvalue weighted by Gasteiger charge is -2.02. The molecule has 0 heterocycles. The van der Waals surface area contributed by atoms with Crippen molar-refractivity contribution in [1.29, 1.82) is 0 Å². The molecule has 1 aromatic rings. The Morgan fingerprint density at radius 2 is 2.00 bits per heavy atom. The number of halogens is 1. The molecule has 13 heavy (non-hydrogen) atoms. The van der Waals surface area contributed by atoms with Gasteiger partial charge in [0.2, 0.25) is 0 Å². The molecule has 70 valence electrons. The van der Waals surface area contributed by atoms with E-state index >= 15 is 0 Å². The highest BCUT2D eigenvalue weighted by Gasteiger charge is 1.94. The number of carbonyl (C=O) groups excluding carboxylic acids is 1. The highest BCUT2D eigenvalue weighted by Crippen LogP contribution is 2.11. The fourth-order valence-electron chi connectivity index (χ4n) is 0.833. The van der Waals surface area contributed by atoms with Gasteiger partial charge < -0.3 is 9.90 Å². The Morgan fingerprint density at radius 3 is 2.54 bits per heavy atom. The molecule has 1 aromatic carbocycles. The highest BCUT2D eigenvalue weighted by molar-refractivity contribution is 7.99. The minimum absolute atomic E-state index is 0.0304. The minimum Gasteiger partial charge on any atom is -0.549 e. The largest absolute Gasteiger partial charge is 0.549 e. The van der Waals surface area contributed by atoms with Crippen LogP contribution in [-0.2, 0) is 10.5 Å². The minimum atomic E-state index is -1.08. The van der Waals surface area contributed by atoms with Gasteiger partial charge in [0.25, 0.3) is 0 Å². The Morgan fingerprint density at radius 1 is 1.38 bits per heavy atom. The maximum absolute atomic E-state index is 12.4. The Hall–Kier alpha value is -1.03. The first-order valence-electron chi connectivity index (χ1n) is 3.70. The van der Waals surface area contributed by atoms with Gasteiger partial charge in [0.15, 0.2) is 0 Å². The third-order valence-corrected chi connectivity index (χ3v) is 2.38. The first-order valence-corrected chi connectivity index (χ1v) is 4.86. The van der Waals surface area contributed by atoms with Crippen molar-refractivity contribution >= 4 is 17.7 Å². The van der Waals surface area contributed by atoms with Crippen LogP contribution in [-0.4, -0.2) is 11.7 Å². The van der Waals surface area contributed by atoms with Gasteiger partial charge in [-0.05, 0) is 17.7 Å². The second kappa shape index (κ2) is 4.87. The number of aliphatic carboxylic acids is 1. The fourth-order valence-corrected chi connectivity index (χ4v) is 1.53. The van der Waals surface area contributed by atoms with Crippen molar-refractivity contribution in [2.75, 3.05) is 5.75 Å². The van der Waals surface area contributed by atoms with E-state index in [0.717, 1.165) is 5.56 Å². The van der Waals surface area contributed by atoms with Crippen LogP contribution in [0.3, 0.4) is 0 Å². The lowest BCUT2D eigenvalue weighted by Crippen LogP contribution is -2.24. The van der Waals surface area contributed by atoms with Crippen LogP contribution in [0.1, 0.15) is 5.56 Å². The first-order chi connectivity index (χ1) is 6.18. The van der Waals surface area contributed by atoms with Crippen LogP contribution >= 0.6 is 11.8 Å². The van der Waals surface area contributed by atoms with E-state index < -0.39 is 5.97 Å². The lowest BCUT2D eigenvalue weighted by molar-refractivity contribution is -0.301. The van der Waals surface area contributed by atoms with Crippen molar-refractivity contribution in [2.24, 2.45) is 0 Å². The molecule has 0 saturated carbocycles. The molecule has 0 aromatic heterocycles. The number of hydrogen-bond donors (Lipinski definition) is 0. The van der Waals surface area contributed by atoms with Gasteiger partial charge in [0.05, 0.1) is 5.97 Å². The van der Waals surface area contributed by atoms with E-state index in [1.54, 1.807) is 12.1 Å². The van der Waals surface area contributed by atoms with Gasteiger partial charge in [-0.1, -0.05) is 12.1 Å². The Labute approximate surface area is 79.8 Å². The number of carboxylic acids is 1. The summed E-state index contributed by atoms with van der Waals surface area (Å²) in [5.41, 5.74) is 0.910. The molecule has 0 aliphatic rings. The van der Waals surface area contributed by atoms with Crippen LogP contribution < -0.4 is 5.11 Å². The summed E-state index contributed by atoms with van der Waals surface area (Å²) in [5.74, 6) is -0.827. The average Bonchev–Trinajstić information content (AvgIpc) is 2.08. The van der Waals surface area contributed by atoms with Crippen LogP contribution in [0.4, 0.5) is 4.39 Å². The van der Waals surface area contributed by atoms with Crippen molar-refractivity contribution in [3.05, 3.63) is 35.6 Å². The monoisotopic (exact) mass is 199 g/mol. The van der Waals surface area contributed by atoms with E-state index in [4.69, 9.17) is 0 Å². The molecule has 0 aliphatic heterocycles. The van der Waals surface area contributed by atoms with Crippen molar-refractivity contribution in [3.8, 4) is 0 Å². The number of carbonyl (C=O) groups is 1. The molecule has 0 fully saturated rings. The van der Waals surface area contributed by atoms with Gasteiger partial charge in [-0.15, -0.1) is 0 Å². The van der Waals surface area contributed by atoms with Crippen molar-refractivity contribution in [2.45, 2.75) is 5.75 Å². The molecule has 0 N–H and O–H groups in total. The number of rotatable bonds is 4. The summed E-state index contributed by atoms with van der Waals surface area (Å²) in [6, 6.07) is 5.99. The third-order valence-electron chi connectivity index (χ3n) is 1.40. The van der Waals surface area contributed by atoms with Gasteiger partial charge in [-0.25, -0.2) is 4.39 Å². The van der Waals surface area contributed by atoms with Crippen LogP contribution in [0.5, 0.6) is 0 Å². The molecule has 4 heteroatoms. The molecule has 0 bridgehead atoms. The molecule has 0 saturated heterocycles. The number of thioether (sulfide) groups is 1. The van der Waals surface area contributed by atoms with E-state index in [0.29, 0.717) is 5.75 Å². The quantitative estimate of drug-likeness (QED) is 0.720. The topological polar surface area (TPSA) is 40.1 Å². The van der Waals surface area contributed by atoms with Crippen LogP contribution in [0.2, 0.25) is 0 Å². The second-order valence-corrected chi connectivity index (χ2v) is 3.48. The molecule has 0 amide bonds. The Bertz CT molecular complexity index is 284. The second-order valence-electron chi connectivity index (χ2n) is 2.49. The third kappa shape index (κ3) is 3.94. The summed E-state index contributed by atoms with van der Waals surface area (Å²) >= 11 is 1.24. The number of carboxylic acid groups (broad SMARTS) is 1. The predicted octanol–water partition coefficient (Wildman–Crippen LogP) is 0.809. The fraction of sp³-hybridized carbons (Fsp3) is 0.222. The molecular formula is C9H8FO2S-. The molecule has 1 rings (SSSR count). The molecule has 0 aliphatic carbocycles. The molecule has 0 radical (unpaired) electrons. The van der Waals surface area contributed by atoms with Gasteiger partial charge in [0.1, 0.15) is 5.82 Å². The summed E-state index contributed by atoms with van der Waals surface area (Å²) in [5, 5.41) is 10.1. The summed E-state index contributed by atoms with van der Waals surface area (Å²) in [4.78, 5) is 10.1. The lowest BCUT2D eigenvalue weighted by atomic mass is 10.2. The van der Waals surface area contributed by atoms with Gasteiger partial charge in [-0.3, -0.25) is 0 Å². The van der Waals surface area contributed by atoms with Crippen LogP contribution in [0.15, 0.2) is 24.3 Å². The maximum atomic E-state index is 12.4. The van der Waals surface area contributed by atoms with E-state index in [1.807, 2.05) is 0 Å². The van der Waals surface area contributed by atoms with E-state index in [1.165, 1.54) is 23.9 Å². The normalized spacial score (nSPS) is 9.92. The smallest absolute Gasteiger partial charge is 0.123 e. The zero-order valence-electron chi connectivity index (χ0n) is 6.83. The van der Waals surface area contributed by atoms with Crippen molar-refractivity contribution < 1.29 is 14.3 Å². The number of hydrogen-bond acceptors (Lipinski definition) is 3. The molecule has 0 spiro atoms. The zero-order valence-corrected chi connectivity index (χ0v) is 7.64. The molecule has 0 atom stereocenters. The first kappa shape index (κ1) is 10.1. The maximum Gasteiger partial charge on any atom is 0.123 e. The molecule has 2 nitrogen and oxygen atoms in total. The Balaban J connectivity index is 2.37. The zero-order chi connectivity index (χ0) is 9.68. The van der Waals surface area contributed by atoms with E-state index in [2.05, 4.69) is 0 Å². The van der Waals surface area contributed by atoms with Crippen LogP contribution in [0.25, 0.3) is 0 Å². The number of benzene rings is 1. The summed E-state index contributed by atoms with van der Waals surface area (Å²) < 4.78 is 12.4. The van der Waals surface area contributed by atoms with Crippen molar-refractivity contribution in [1.82, 2.24) is 0 Å². The standard InChI is InChI=1S/C9H9FO2S/c10-8-3-1-7(2-4-8)5-13-6-9(11)12/h1-4H,5-6H2,(H,11,12)/p-1. The van der Waals surface area contributed by atoms with Gasteiger partial charge >= 0.3 is 0 Å². The molecule has 0 unspecified atom stereocenters. The van der Waals surface area contributed by atoms with Gasteiger partial charge in [0, 0.05) is 11.5 Å². The van der Waals surface area contributed by atoms with E-state index in [-0.39, 0.29) is 11.6 Å². The predicted molar refractivity (Wildman–Crippen MR) is 47.6 cm³/mol. The summed E-state index contributed by atoms with van der Waals surface area (Å²) in [6.45, 7) is 0. The average molecular weight is 199 g/mol. The van der Waals surface area contributed by atoms with Gasteiger partial charge in [-0.2, -0.15) is 11.8 Å². The summed E-state index contributed by atoms with van der Waals surface area (Å²) in [6.07, 6.45) is 0. The van der Waals surface area contributed by atoms with E-state index in [9.17, 15) is 14.3 Å². The highest BCUT2D eigenvalue weighted by atomic mass is 32.2. The van der Waals surface area contributed by atoms with Crippen LogP contribution in [0, 0.1) is 5.82 Å². The summed E-state index contributed by atoms with van der Waals surface area (Å²) in [7, 11) is 0. The Kier molecular flexibility index (Phi) is 3.76. The van der Waals surface area contributed by atoms with Crippen molar-refractivity contribution in [3.63, 3.8) is 0 Å².